The highest BCUT2D eigenvalue weighted by atomic mass is 14.7. The van der Waals surface area contributed by atoms with Crippen molar-refractivity contribution < 1.29 is 0 Å². The molecule has 0 atom stereocenters. The van der Waals surface area contributed by atoms with Crippen molar-refractivity contribution in [2.75, 3.05) is 0 Å². The summed E-state index contributed by atoms with van der Waals surface area (Å²) in [6.07, 6.45) is 3.12. The summed E-state index contributed by atoms with van der Waals surface area (Å²) in [5.41, 5.74) is 11.0. The predicted molar refractivity (Wildman–Crippen MR) is 71.4 cm³/mol. The van der Waals surface area contributed by atoms with Gasteiger partial charge in [-0.05, 0) is 67.5 Å². The molecule has 1 aromatic carbocycles. The fourth-order valence-corrected chi connectivity index (χ4v) is 2.78. The average Bonchev–Trinajstić information content (AvgIpc) is 2.69. The summed E-state index contributed by atoms with van der Waals surface area (Å²) in [5, 5.41) is 0. The molecule has 0 fully saturated rings. The molecule has 1 heteroatoms. The van der Waals surface area contributed by atoms with Gasteiger partial charge < -0.3 is 0 Å². The maximum absolute atomic E-state index is 4.52. The van der Waals surface area contributed by atoms with Crippen LogP contribution < -0.4 is 0 Å². The first-order valence-corrected chi connectivity index (χ1v) is 6.14. The quantitative estimate of drug-likeness (QED) is 0.563. The minimum absolute atomic E-state index is 1.07. The molecule has 1 aliphatic carbocycles. The lowest BCUT2D eigenvalue weighted by atomic mass is 9.97. The summed E-state index contributed by atoms with van der Waals surface area (Å²) >= 11 is 0. The zero-order valence-electron chi connectivity index (χ0n) is 10.9. The van der Waals surface area contributed by atoms with E-state index in [0.717, 1.165) is 12.1 Å². The van der Waals surface area contributed by atoms with Crippen LogP contribution in [-0.2, 0) is 6.42 Å². The molecule has 0 bridgehead atoms. The molecule has 1 aliphatic rings. The van der Waals surface area contributed by atoms with E-state index in [-0.39, 0.29) is 0 Å². The van der Waals surface area contributed by atoms with Gasteiger partial charge in [0.1, 0.15) is 0 Å². The highest BCUT2D eigenvalue weighted by molar-refractivity contribution is 5.80. The van der Waals surface area contributed by atoms with Crippen molar-refractivity contribution in [3.63, 3.8) is 0 Å². The molecular formula is C16H17N. The van der Waals surface area contributed by atoms with Crippen molar-refractivity contribution in [3.8, 4) is 11.1 Å². The molecular weight excluding hydrogens is 206 g/mol. The summed E-state index contributed by atoms with van der Waals surface area (Å²) in [6.45, 7) is 8.69. The minimum Gasteiger partial charge on any atom is -0.261 e. The second-order valence-electron chi connectivity index (χ2n) is 5.08. The van der Waals surface area contributed by atoms with Gasteiger partial charge in [0.15, 0.2) is 0 Å². The molecule has 2 aromatic rings. The van der Waals surface area contributed by atoms with E-state index in [1.54, 1.807) is 0 Å². The van der Waals surface area contributed by atoms with Crippen molar-refractivity contribution in [2.45, 2.75) is 34.1 Å². The Bertz CT molecular complexity index is 624. The van der Waals surface area contributed by atoms with Crippen LogP contribution in [0.4, 0.5) is 0 Å². The van der Waals surface area contributed by atoms with Gasteiger partial charge >= 0.3 is 0 Å². The number of aryl methyl sites for hydroxylation is 2. The molecule has 86 valence electrons. The van der Waals surface area contributed by atoms with E-state index >= 15 is 0 Å². The van der Waals surface area contributed by atoms with E-state index in [4.69, 9.17) is 0 Å². The molecule has 0 N–H and O–H groups in total. The van der Waals surface area contributed by atoms with E-state index in [9.17, 15) is 0 Å². The second kappa shape index (κ2) is 3.43. The molecule has 17 heavy (non-hydrogen) atoms. The molecule has 1 nitrogen and oxygen atoms in total. The standard InChI is InChI=1S/C16H17N/c1-9-5-6-13-7-14-11(3)12(4)17-8-15(14)16(13)10(9)2/h5-6,8H,7H2,1-4H3. The highest BCUT2D eigenvalue weighted by Gasteiger charge is 2.23. The number of benzene rings is 1. The van der Waals surface area contributed by atoms with E-state index in [2.05, 4.69) is 51.0 Å². The maximum atomic E-state index is 4.52. The molecule has 1 heterocycles. The maximum Gasteiger partial charge on any atom is 0.0405 e. The van der Waals surface area contributed by atoms with Gasteiger partial charge in [-0.1, -0.05) is 12.1 Å². The van der Waals surface area contributed by atoms with Gasteiger partial charge in [-0.2, -0.15) is 0 Å². The molecule has 1 aromatic heterocycles. The first-order valence-electron chi connectivity index (χ1n) is 6.14. The monoisotopic (exact) mass is 223 g/mol. The van der Waals surface area contributed by atoms with Crippen LogP contribution in [0.2, 0.25) is 0 Å². The second-order valence-corrected chi connectivity index (χ2v) is 5.08. The molecule has 0 aliphatic heterocycles. The van der Waals surface area contributed by atoms with Crippen LogP contribution in [0.5, 0.6) is 0 Å². The normalized spacial score (nSPS) is 12.5. The van der Waals surface area contributed by atoms with Gasteiger partial charge in [0.05, 0.1) is 0 Å². The molecule has 0 spiro atoms. The van der Waals surface area contributed by atoms with Crippen molar-refractivity contribution in [1.29, 1.82) is 0 Å². The summed E-state index contributed by atoms with van der Waals surface area (Å²) in [7, 11) is 0. The smallest absolute Gasteiger partial charge is 0.0405 e. The summed E-state index contributed by atoms with van der Waals surface area (Å²) in [5.74, 6) is 0. The van der Waals surface area contributed by atoms with Crippen LogP contribution >= 0.6 is 0 Å². The predicted octanol–water partition coefficient (Wildman–Crippen LogP) is 3.89. The Morgan fingerprint density at radius 3 is 2.53 bits per heavy atom. The average molecular weight is 223 g/mol. The number of pyridine rings is 1. The Labute approximate surface area is 103 Å². The highest BCUT2D eigenvalue weighted by Crippen LogP contribution is 2.41. The number of aromatic nitrogens is 1. The topological polar surface area (TPSA) is 12.9 Å². The largest absolute Gasteiger partial charge is 0.261 e. The molecule has 0 saturated carbocycles. The SMILES string of the molecule is Cc1ccc2c(c1C)-c1cnc(C)c(C)c1C2. The van der Waals surface area contributed by atoms with Gasteiger partial charge in [-0.15, -0.1) is 0 Å². The molecule has 0 amide bonds. The Morgan fingerprint density at radius 2 is 1.76 bits per heavy atom. The Morgan fingerprint density at radius 1 is 1.00 bits per heavy atom. The minimum atomic E-state index is 1.07. The number of fused-ring (bicyclic) bond motifs is 3. The summed E-state index contributed by atoms with van der Waals surface area (Å²) in [6, 6.07) is 4.50. The molecule has 0 radical (unpaired) electrons. The lowest BCUT2D eigenvalue weighted by Gasteiger charge is -2.09. The van der Waals surface area contributed by atoms with Crippen LogP contribution in [0.15, 0.2) is 18.3 Å². The van der Waals surface area contributed by atoms with Crippen LogP contribution in [0.3, 0.4) is 0 Å². The Hall–Kier alpha value is -1.63. The number of rotatable bonds is 0. The van der Waals surface area contributed by atoms with Crippen LogP contribution in [-0.4, -0.2) is 4.98 Å². The Kier molecular flexibility index (Phi) is 2.12. The molecule has 0 saturated heterocycles. The third kappa shape index (κ3) is 1.35. The summed E-state index contributed by atoms with van der Waals surface area (Å²) < 4.78 is 0. The zero-order valence-corrected chi connectivity index (χ0v) is 10.9. The first-order chi connectivity index (χ1) is 8.09. The van der Waals surface area contributed by atoms with Crippen LogP contribution in [0, 0.1) is 27.7 Å². The van der Waals surface area contributed by atoms with Crippen LogP contribution in [0.1, 0.15) is 33.5 Å². The first kappa shape index (κ1) is 10.5. The number of nitrogens with zero attached hydrogens (tertiary/aromatic N) is 1. The third-order valence-electron chi connectivity index (χ3n) is 4.17. The van der Waals surface area contributed by atoms with Crippen LogP contribution in [0.25, 0.3) is 11.1 Å². The fraction of sp³-hybridized carbons (Fsp3) is 0.312. The number of hydrogen-bond donors (Lipinski definition) is 0. The van der Waals surface area contributed by atoms with Gasteiger partial charge in [0, 0.05) is 17.5 Å². The Balaban J connectivity index is 2.35. The fourth-order valence-electron chi connectivity index (χ4n) is 2.78. The molecule has 3 rings (SSSR count). The van der Waals surface area contributed by atoms with E-state index in [0.29, 0.717) is 0 Å². The van der Waals surface area contributed by atoms with Gasteiger partial charge in [-0.3, -0.25) is 4.98 Å². The summed E-state index contributed by atoms with van der Waals surface area (Å²) in [4.78, 5) is 4.52. The third-order valence-corrected chi connectivity index (χ3v) is 4.17. The van der Waals surface area contributed by atoms with Gasteiger partial charge in [0.2, 0.25) is 0 Å². The van der Waals surface area contributed by atoms with Crippen molar-refractivity contribution in [2.24, 2.45) is 0 Å². The lowest BCUT2D eigenvalue weighted by Crippen LogP contribution is -1.93. The van der Waals surface area contributed by atoms with Gasteiger partial charge in [-0.25, -0.2) is 0 Å². The van der Waals surface area contributed by atoms with E-state index in [1.807, 2.05) is 0 Å². The van der Waals surface area contributed by atoms with Crippen molar-refractivity contribution in [3.05, 3.63) is 51.8 Å². The van der Waals surface area contributed by atoms with E-state index in [1.165, 1.54) is 38.9 Å². The number of hydrogen-bond acceptors (Lipinski definition) is 1. The van der Waals surface area contributed by atoms with Gasteiger partial charge in [0.25, 0.3) is 0 Å². The lowest BCUT2D eigenvalue weighted by molar-refractivity contribution is 1.10. The zero-order chi connectivity index (χ0) is 12.2. The molecule has 0 unspecified atom stereocenters. The van der Waals surface area contributed by atoms with Crippen molar-refractivity contribution >= 4 is 0 Å². The van der Waals surface area contributed by atoms with Crippen molar-refractivity contribution in [1.82, 2.24) is 4.98 Å². The van der Waals surface area contributed by atoms with E-state index < -0.39 is 0 Å².